The van der Waals surface area contributed by atoms with Crippen LogP contribution in [0.4, 0.5) is 0 Å². The van der Waals surface area contributed by atoms with Crippen LogP contribution in [0.25, 0.3) is 5.69 Å². The molecule has 1 atom stereocenters. The highest BCUT2D eigenvalue weighted by Gasteiger charge is 2.45. The molecule has 0 radical (unpaired) electrons. The molecule has 0 bridgehead atoms. The van der Waals surface area contributed by atoms with Crippen LogP contribution in [-0.2, 0) is 0 Å². The minimum atomic E-state index is -0.637. The van der Waals surface area contributed by atoms with Crippen molar-refractivity contribution >= 4 is 0 Å². The van der Waals surface area contributed by atoms with Gasteiger partial charge in [0.1, 0.15) is 5.60 Å². The van der Waals surface area contributed by atoms with Crippen molar-refractivity contribution < 1.29 is 4.74 Å². The van der Waals surface area contributed by atoms with Gasteiger partial charge in [0.15, 0.2) is 0 Å². The Kier molecular flexibility index (Phi) is 3.39. The van der Waals surface area contributed by atoms with E-state index in [-0.39, 0.29) is 17.4 Å². The van der Waals surface area contributed by atoms with E-state index in [0.717, 1.165) is 5.56 Å². The molecule has 0 saturated heterocycles. The summed E-state index contributed by atoms with van der Waals surface area (Å²) < 4.78 is 7.11. The number of aromatic nitrogens is 2. The Labute approximate surface area is 144 Å². The molecule has 0 aliphatic carbocycles. The fourth-order valence-electron chi connectivity index (χ4n) is 3.56. The molecule has 1 aromatic heterocycles. The number of rotatable bonds is 2. The highest BCUT2D eigenvalue weighted by Crippen LogP contribution is 2.44. The fourth-order valence-corrected chi connectivity index (χ4v) is 3.56. The second-order valence-corrected chi connectivity index (χ2v) is 6.70. The third-order valence-corrected chi connectivity index (χ3v) is 4.60. The summed E-state index contributed by atoms with van der Waals surface area (Å²) in [6, 6.07) is 18.7. The molecular weight excluding hydrogens is 316 g/mol. The molecule has 2 heterocycles. The summed E-state index contributed by atoms with van der Waals surface area (Å²) in [4.78, 5) is 28.4. The lowest BCUT2D eigenvalue weighted by atomic mass is 9.82. The molecule has 25 heavy (non-hydrogen) atoms. The average Bonchev–Trinajstić information content (AvgIpc) is 2.86. The van der Waals surface area contributed by atoms with Crippen molar-refractivity contribution in [3.05, 3.63) is 92.6 Å². The minimum absolute atomic E-state index is 0.261. The number of hydrogen-bond acceptors (Lipinski definition) is 3. The maximum atomic E-state index is 13.2. The van der Waals surface area contributed by atoms with Crippen LogP contribution in [0.1, 0.15) is 30.9 Å². The second-order valence-electron chi connectivity index (χ2n) is 6.70. The maximum absolute atomic E-state index is 13.2. The van der Waals surface area contributed by atoms with Gasteiger partial charge in [0.25, 0.3) is 5.56 Å². The van der Waals surface area contributed by atoms with Crippen LogP contribution in [-0.4, -0.2) is 15.2 Å². The van der Waals surface area contributed by atoms with Crippen molar-refractivity contribution in [2.75, 3.05) is 0 Å². The predicted octanol–water partition coefficient (Wildman–Crippen LogP) is 2.83. The number of H-pyrrole nitrogens is 1. The molecule has 126 valence electrons. The molecule has 5 heteroatoms. The molecule has 1 unspecified atom stereocenters. The minimum Gasteiger partial charge on any atom is -0.471 e. The quantitative estimate of drug-likeness (QED) is 0.784. The largest absolute Gasteiger partial charge is 0.471 e. The van der Waals surface area contributed by atoms with Crippen molar-refractivity contribution in [2.24, 2.45) is 0 Å². The molecule has 1 aliphatic rings. The number of benzene rings is 2. The lowest BCUT2D eigenvalue weighted by molar-refractivity contribution is 0.117. The summed E-state index contributed by atoms with van der Waals surface area (Å²) in [7, 11) is 0. The van der Waals surface area contributed by atoms with E-state index in [0.29, 0.717) is 11.3 Å². The summed E-state index contributed by atoms with van der Waals surface area (Å²) in [5.41, 5.74) is 0.522. The molecule has 0 amide bonds. The van der Waals surface area contributed by atoms with Gasteiger partial charge in [-0.1, -0.05) is 48.5 Å². The zero-order valence-electron chi connectivity index (χ0n) is 14.0. The Bertz CT molecular complexity index is 1030. The van der Waals surface area contributed by atoms with Gasteiger partial charge in [-0.2, -0.15) is 0 Å². The standard InChI is InChI=1S/C20H18N2O3/c1-20(2)16(13-9-5-3-6-10-13)15-17(25-20)21-19(24)22(18(15)23)14-11-7-4-8-12-14/h3-12,16H,1-2H3,(H,21,24). The van der Waals surface area contributed by atoms with E-state index in [1.165, 1.54) is 4.57 Å². The van der Waals surface area contributed by atoms with Crippen LogP contribution in [0, 0.1) is 0 Å². The maximum Gasteiger partial charge on any atom is 0.335 e. The molecule has 0 fully saturated rings. The first-order valence-electron chi connectivity index (χ1n) is 8.17. The Morgan fingerprint density at radius 3 is 2.20 bits per heavy atom. The van der Waals surface area contributed by atoms with Crippen LogP contribution in [0.2, 0.25) is 0 Å². The second kappa shape index (κ2) is 5.48. The van der Waals surface area contributed by atoms with E-state index in [4.69, 9.17) is 4.74 Å². The highest BCUT2D eigenvalue weighted by molar-refractivity contribution is 5.45. The monoisotopic (exact) mass is 334 g/mol. The van der Waals surface area contributed by atoms with Gasteiger partial charge in [0, 0.05) is 0 Å². The molecule has 0 saturated carbocycles. The third kappa shape index (κ3) is 2.39. The molecule has 5 nitrogen and oxygen atoms in total. The van der Waals surface area contributed by atoms with E-state index in [2.05, 4.69) is 4.98 Å². The van der Waals surface area contributed by atoms with E-state index >= 15 is 0 Å². The number of ether oxygens (including phenoxy) is 1. The Morgan fingerprint density at radius 2 is 1.56 bits per heavy atom. The molecule has 2 aromatic carbocycles. The lowest BCUT2D eigenvalue weighted by Crippen LogP contribution is -2.36. The van der Waals surface area contributed by atoms with E-state index in [9.17, 15) is 9.59 Å². The number of nitrogens with one attached hydrogen (secondary N) is 1. The number of fused-ring (bicyclic) bond motifs is 1. The van der Waals surface area contributed by atoms with Crippen LogP contribution < -0.4 is 16.0 Å². The Morgan fingerprint density at radius 1 is 0.960 bits per heavy atom. The van der Waals surface area contributed by atoms with Crippen LogP contribution in [0.5, 0.6) is 5.88 Å². The van der Waals surface area contributed by atoms with Gasteiger partial charge in [-0.15, -0.1) is 0 Å². The number of nitrogens with zero attached hydrogens (tertiary/aromatic N) is 1. The number of aromatic amines is 1. The lowest BCUT2D eigenvalue weighted by Gasteiger charge is -2.26. The van der Waals surface area contributed by atoms with Crippen molar-refractivity contribution in [3.63, 3.8) is 0 Å². The van der Waals surface area contributed by atoms with E-state index in [1.807, 2.05) is 50.2 Å². The van der Waals surface area contributed by atoms with Gasteiger partial charge in [-0.3, -0.25) is 9.78 Å². The van der Waals surface area contributed by atoms with Crippen molar-refractivity contribution in [1.82, 2.24) is 9.55 Å². The van der Waals surface area contributed by atoms with Crippen molar-refractivity contribution in [2.45, 2.75) is 25.4 Å². The van der Waals surface area contributed by atoms with Crippen molar-refractivity contribution in [1.29, 1.82) is 0 Å². The van der Waals surface area contributed by atoms with Crippen LogP contribution >= 0.6 is 0 Å². The highest BCUT2D eigenvalue weighted by atomic mass is 16.5. The van der Waals surface area contributed by atoms with Crippen LogP contribution in [0.15, 0.2) is 70.3 Å². The third-order valence-electron chi connectivity index (χ3n) is 4.60. The molecule has 4 rings (SSSR count). The first-order valence-corrected chi connectivity index (χ1v) is 8.17. The smallest absolute Gasteiger partial charge is 0.335 e. The zero-order chi connectivity index (χ0) is 17.6. The van der Waals surface area contributed by atoms with Gasteiger partial charge in [0.2, 0.25) is 5.88 Å². The van der Waals surface area contributed by atoms with Gasteiger partial charge in [-0.05, 0) is 31.5 Å². The molecular formula is C20H18N2O3. The molecule has 1 aliphatic heterocycles. The summed E-state index contributed by atoms with van der Waals surface area (Å²) in [6.45, 7) is 3.85. The first-order chi connectivity index (χ1) is 12.0. The Balaban J connectivity index is 2.01. The van der Waals surface area contributed by atoms with Gasteiger partial charge >= 0.3 is 5.69 Å². The summed E-state index contributed by atoms with van der Waals surface area (Å²) in [5, 5.41) is 0. The predicted molar refractivity (Wildman–Crippen MR) is 95.7 cm³/mol. The summed E-state index contributed by atoms with van der Waals surface area (Å²) in [5.74, 6) is 0.00375. The van der Waals surface area contributed by atoms with Crippen LogP contribution in [0.3, 0.4) is 0 Å². The topological polar surface area (TPSA) is 64.1 Å². The molecule has 3 aromatic rings. The molecule has 1 N–H and O–H groups in total. The SMILES string of the molecule is CC1(C)Oc2[nH]c(=O)n(-c3ccccc3)c(=O)c2C1c1ccccc1. The van der Waals surface area contributed by atoms with Gasteiger partial charge in [-0.25, -0.2) is 9.36 Å². The number of hydrogen-bond donors (Lipinski definition) is 1. The summed E-state index contributed by atoms with van der Waals surface area (Å²) in [6.07, 6.45) is 0. The Hall–Kier alpha value is -3.08. The summed E-state index contributed by atoms with van der Waals surface area (Å²) >= 11 is 0. The van der Waals surface area contributed by atoms with E-state index < -0.39 is 11.3 Å². The van der Waals surface area contributed by atoms with Gasteiger partial charge in [0.05, 0.1) is 17.2 Å². The van der Waals surface area contributed by atoms with Gasteiger partial charge < -0.3 is 4.74 Å². The van der Waals surface area contributed by atoms with E-state index in [1.54, 1.807) is 24.3 Å². The van der Waals surface area contributed by atoms with Crippen molar-refractivity contribution in [3.8, 4) is 11.6 Å². The molecule has 0 spiro atoms. The normalized spacial score (nSPS) is 17.8. The first kappa shape index (κ1) is 15.4. The number of para-hydroxylation sites is 1. The average molecular weight is 334 g/mol. The fraction of sp³-hybridized carbons (Fsp3) is 0.200. The zero-order valence-corrected chi connectivity index (χ0v) is 14.0.